The minimum absolute atomic E-state index is 0. The van der Waals surface area contributed by atoms with E-state index in [1.165, 1.54) is 141 Å². The van der Waals surface area contributed by atoms with Gasteiger partial charge in [0.1, 0.15) is 0 Å². The maximum Gasteiger partial charge on any atom is 0.211 e. The van der Waals surface area contributed by atoms with Gasteiger partial charge in [-0.25, -0.2) is 4.70 Å². The minimum atomic E-state index is 0. The molecule has 2 aromatic carbocycles. The van der Waals surface area contributed by atoms with Gasteiger partial charge in [-0.1, -0.05) is 111 Å². The van der Waals surface area contributed by atoms with E-state index in [1.54, 1.807) is 4.70 Å². The van der Waals surface area contributed by atoms with E-state index in [9.17, 15) is 5.53 Å². The van der Waals surface area contributed by atoms with Crippen LogP contribution in [0, 0.1) is 0 Å². The van der Waals surface area contributed by atoms with Crippen molar-refractivity contribution in [2.24, 2.45) is 0 Å². The van der Waals surface area contributed by atoms with Gasteiger partial charge in [-0.2, -0.15) is 0 Å². The third kappa shape index (κ3) is 12.0. The summed E-state index contributed by atoms with van der Waals surface area (Å²) >= 11 is 0. The van der Waals surface area contributed by atoms with Gasteiger partial charge in [0.15, 0.2) is 0 Å². The van der Waals surface area contributed by atoms with Crippen LogP contribution in [0.15, 0.2) is 47.5 Å². The molecule has 1 heterocycles. The first-order valence-electron chi connectivity index (χ1n) is 19.2. The molecule has 0 unspecified atom stereocenters. The molecule has 0 amide bonds. The van der Waals surface area contributed by atoms with Crippen molar-refractivity contribution in [1.82, 2.24) is 0 Å². The predicted octanol–water partition coefficient (Wildman–Crippen LogP) is 13.8. The molecule has 1 aliphatic rings. The molecule has 258 valence electrons. The van der Waals surface area contributed by atoms with Crippen molar-refractivity contribution in [2.45, 2.75) is 176 Å². The topological polar surface area (TPSA) is 25.3 Å². The SMILES string of the molecule is CCCCCCC1=C(c2cc(CCCC)cc(CCCC)c2)[N+](=[N-])C(c2cc(CCCC)cc(CCCC)c2)=C1CCCCC.[Pd]. The quantitative estimate of drug-likeness (QED) is 0.0621. The van der Waals surface area contributed by atoms with E-state index in [2.05, 4.69) is 77.9 Å². The standard InChI is InChI=1S/C43H66N2.Pd/c1-7-13-19-21-27-41-40(26-20-14-8-2)42(38-30-34(22-15-9-3)28-35(31-38)23-16-10-4)45(44)43(41)39-32-36(24-17-11-5)29-37(33-39)25-18-12-6;/h28-33H,7-27H2,1-6H3;. The van der Waals surface area contributed by atoms with Crippen molar-refractivity contribution in [2.75, 3.05) is 0 Å². The number of allylic oxidation sites excluding steroid dienone is 2. The first kappa shape index (κ1) is 40.4. The van der Waals surface area contributed by atoms with Crippen LogP contribution in [-0.2, 0) is 46.1 Å². The van der Waals surface area contributed by atoms with Crippen molar-refractivity contribution in [3.8, 4) is 0 Å². The van der Waals surface area contributed by atoms with Gasteiger partial charge in [-0.3, -0.25) is 0 Å². The van der Waals surface area contributed by atoms with Crippen LogP contribution in [0.2, 0.25) is 0 Å². The summed E-state index contributed by atoms with van der Waals surface area (Å²) in [4.78, 5) is 0. The number of benzene rings is 2. The Labute approximate surface area is 298 Å². The number of hydrogen-bond donors (Lipinski definition) is 0. The maximum atomic E-state index is 12.4. The van der Waals surface area contributed by atoms with Gasteiger partial charge >= 0.3 is 0 Å². The molecule has 46 heavy (non-hydrogen) atoms. The van der Waals surface area contributed by atoms with Crippen LogP contribution in [0.1, 0.15) is 184 Å². The number of aryl methyl sites for hydroxylation is 4. The van der Waals surface area contributed by atoms with E-state index in [0.29, 0.717) is 0 Å². The van der Waals surface area contributed by atoms with Crippen LogP contribution in [0.3, 0.4) is 0 Å². The van der Waals surface area contributed by atoms with Gasteiger partial charge in [-0.05, 0) is 124 Å². The van der Waals surface area contributed by atoms with Gasteiger partial charge in [0.2, 0.25) is 11.4 Å². The molecule has 3 rings (SSSR count). The molecule has 2 nitrogen and oxygen atoms in total. The molecule has 0 fully saturated rings. The van der Waals surface area contributed by atoms with E-state index in [0.717, 1.165) is 49.9 Å². The molecule has 2 aromatic rings. The van der Waals surface area contributed by atoms with Crippen molar-refractivity contribution in [3.05, 3.63) is 86.5 Å². The van der Waals surface area contributed by atoms with E-state index in [1.807, 2.05) is 0 Å². The second-order valence-corrected chi connectivity index (χ2v) is 13.7. The first-order valence-corrected chi connectivity index (χ1v) is 19.2. The number of unbranched alkanes of at least 4 members (excludes halogenated alkanes) is 9. The van der Waals surface area contributed by atoms with Crippen LogP contribution in [0.25, 0.3) is 16.9 Å². The van der Waals surface area contributed by atoms with Gasteiger partial charge in [0.25, 0.3) is 0 Å². The Morgan fingerprint density at radius 2 is 0.696 bits per heavy atom. The van der Waals surface area contributed by atoms with Crippen LogP contribution >= 0.6 is 0 Å². The smallest absolute Gasteiger partial charge is 0.211 e. The van der Waals surface area contributed by atoms with Crippen molar-refractivity contribution < 1.29 is 25.1 Å². The maximum absolute atomic E-state index is 12.4. The summed E-state index contributed by atoms with van der Waals surface area (Å²) in [6.45, 7) is 13.7. The summed E-state index contributed by atoms with van der Waals surface area (Å²) in [7, 11) is 0. The van der Waals surface area contributed by atoms with Gasteiger partial charge in [0, 0.05) is 42.7 Å². The Bertz CT molecular complexity index is 1220. The number of rotatable bonds is 23. The van der Waals surface area contributed by atoms with E-state index in [4.69, 9.17) is 0 Å². The Morgan fingerprint density at radius 3 is 1.02 bits per heavy atom. The van der Waals surface area contributed by atoms with Crippen LogP contribution in [0.4, 0.5) is 0 Å². The first-order chi connectivity index (χ1) is 22.0. The van der Waals surface area contributed by atoms with Gasteiger partial charge in [-0.15, -0.1) is 0 Å². The zero-order valence-electron chi connectivity index (χ0n) is 30.5. The summed E-state index contributed by atoms with van der Waals surface area (Å²) < 4.78 is 1.65. The normalized spacial score (nSPS) is 13.2. The molecule has 1 aliphatic heterocycles. The molecule has 0 bridgehead atoms. The summed E-state index contributed by atoms with van der Waals surface area (Å²) in [5, 5.41) is 0. The Kier molecular flexibility index (Phi) is 19.9. The second-order valence-electron chi connectivity index (χ2n) is 13.7. The molecule has 0 N–H and O–H groups in total. The molecular weight excluding hydrogens is 651 g/mol. The summed E-state index contributed by atoms with van der Waals surface area (Å²) in [6, 6.07) is 14.5. The van der Waals surface area contributed by atoms with Crippen LogP contribution < -0.4 is 0 Å². The van der Waals surface area contributed by atoms with Crippen molar-refractivity contribution >= 4 is 11.4 Å². The summed E-state index contributed by atoms with van der Waals surface area (Å²) in [5.74, 6) is 0. The molecule has 0 atom stereocenters. The van der Waals surface area contributed by atoms with E-state index in [-0.39, 0.29) is 20.4 Å². The van der Waals surface area contributed by atoms with E-state index < -0.39 is 0 Å². The number of hydrogen-bond acceptors (Lipinski definition) is 0. The second kappa shape index (κ2) is 22.7. The predicted molar refractivity (Wildman–Crippen MR) is 198 cm³/mol. The Hall–Kier alpha value is -1.82. The minimum Gasteiger partial charge on any atom is -0.493 e. The average Bonchev–Trinajstić information content (AvgIpc) is 3.33. The van der Waals surface area contributed by atoms with Gasteiger partial charge < -0.3 is 5.53 Å². The fraction of sp³-hybridized carbons (Fsp3) is 0.628. The largest absolute Gasteiger partial charge is 0.493 e. The molecular formula is C43H66N2Pd. The summed E-state index contributed by atoms with van der Waals surface area (Å²) in [6.07, 6.45) is 24.7. The zero-order valence-corrected chi connectivity index (χ0v) is 32.1. The van der Waals surface area contributed by atoms with Crippen LogP contribution in [-0.4, -0.2) is 4.70 Å². The summed E-state index contributed by atoms with van der Waals surface area (Å²) in [5.41, 5.74) is 25.5. The Balaban J connectivity index is 0.00000736. The zero-order chi connectivity index (χ0) is 32.4. The molecule has 0 spiro atoms. The van der Waals surface area contributed by atoms with Crippen molar-refractivity contribution in [1.29, 1.82) is 0 Å². The third-order valence-electron chi connectivity index (χ3n) is 9.60. The van der Waals surface area contributed by atoms with Gasteiger partial charge in [0.05, 0.1) is 0 Å². The molecule has 0 saturated carbocycles. The van der Waals surface area contributed by atoms with Crippen LogP contribution in [0.5, 0.6) is 0 Å². The molecule has 0 radical (unpaired) electrons. The van der Waals surface area contributed by atoms with E-state index >= 15 is 0 Å². The fourth-order valence-electron chi connectivity index (χ4n) is 6.96. The monoisotopic (exact) mass is 716 g/mol. The Morgan fingerprint density at radius 1 is 0.391 bits per heavy atom. The molecule has 3 heteroatoms. The molecule has 0 saturated heterocycles. The average molecular weight is 717 g/mol. The number of nitrogens with zero attached hydrogens (tertiary/aromatic N) is 2. The molecule has 0 aromatic heterocycles. The molecule has 0 aliphatic carbocycles. The third-order valence-corrected chi connectivity index (χ3v) is 9.60. The fourth-order valence-corrected chi connectivity index (χ4v) is 6.96. The van der Waals surface area contributed by atoms with Crippen molar-refractivity contribution in [3.63, 3.8) is 0 Å².